The summed E-state index contributed by atoms with van der Waals surface area (Å²) >= 11 is 13.3. The number of aromatic nitrogens is 1. The van der Waals surface area contributed by atoms with E-state index < -0.39 is 0 Å². The first-order valence-electron chi connectivity index (χ1n) is 11.1. The molecular formula is C27H18Cl2N2O4S. The Labute approximate surface area is 221 Å². The van der Waals surface area contributed by atoms with Crippen LogP contribution in [0.5, 0.6) is 11.5 Å². The van der Waals surface area contributed by atoms with E-state index in [0.717, 1.165) is 33.8 Å². The molecule has 2 amide bonds. The van der Waals surface area contributed by atoms with Crippen molar-refractivity contribution >= 4 is 63.1 Å². The molecule has 0 spiro atoms. The third-order valence-electron chi connectivity index (χ3n) is 6.12. The van der Waals surface area contributed by atoms with Crippen LogP contribution in [0.2, 0.25) is 10.0 Å². The highest BCUT2D eigenvalue weighted by Crippen LogP contribution is 2.40. The topological polar surface area (TPSA) is 60.8 Å². The summed E-state index contributed by atoms with van der Waals surface area (Å²) in [6, 6.07) is 19.1. The Hall–Kier alpha value is -3.39. The molecule has 0 atom stereocenters. The first kappa shape index (κ1) is 23.0. The molecule has 6 rings (SSSR count). The van der Waals surface area contributed by atoms with Crippen molar-refractivity contribution in [1.82, 2.24) is 9.47 Å². The van der Waals surface area contributed by atoms with Crippen molar-refractivity contribution in [3.8, 4) is 11.5 Å². The van der Waals surface area contributed by atoms with Crippen LogP contribution in [-0.2, 0) is 17.9 Å². The molecular weight excluding hydrogens is 519 g/mol. The van der Waals surface area contributed by atoms with Crippen molar-refractivity contribution in [2.45, 2.75) is 13.1 Å². The van der Waals surface area contributed by atoms with Crippen LogP contribution in [-0.4, -0.2) is 27.4 Å². The summed E-state index contributed by atoms with van der Waals surface area (Å²) in [5.41, 5.74) is 3.62. The fourth-order valence-corrected chi connectivity index (χ4v) is 5.50. The van der Waals surface area contributed by atoms with Crippen molar-refractivity contribution in [2.24, 2.45) is 0 Å². The number of thioether (sulfide) groups is 1. The van der Waals surface area contributed by atoms with Crippen LogP contribution < -0.4 is 9.47 Å². The van der Waals surface area contributed by atoms with Crippen molar-refractivity contribution in [3.63, 3.8) is 0 Å². The molecule has 0 bridgehead atoms. The number of amides is 2. The van der Waals surface area contributed by atoms with Crippen LogP contribution in [0.25, 0.3) is 17.0 Å². The maximum absolute atomic E-state index is 13.2. The number of halogens is 2. The van der Waals surface area contributed by atoms with Gasteiger partial charge in [-0.1, -0.05) is 53.5 Å². The third-order valence-corrected chi connectivity index (χ3v) is 7.63. The van der Waals surface area contributed by atoms with E-state index in [2.05, 4.69) is 4.57 Å². The number of benzene rings is 3. The quantitative estimate of drug-likeness (QED) is 0.258. The molecule has 1 fully saturated rings. The predicted molar refractivity (Wildman–Crippen MR) is 142 cm³/mol. The standard InChI is InChI=1S/C27H18Cl2N2O4S/c28-19-7-5-16(6-8-19)12-30-13-17(20-3-1-2-4-22(20)30)10-25-26(32)31(27(33)36-25)14-18-9-23-24(11-21(18)29)35-15-34-23/h1-11,13H,12,14-15H2/b25-10-. The number of rotatable bonds is 5. The van der Waals surface area contributed by atoms with E-state index in [0.29, 0.717) is 38.6 Å². The number of carbonyl (C=O) groups excluding carboxylic acids is 2. The van der Waals surface area contributed by atoms with Crippen molar-refractivity contribution in [2.75, 3.05) is 6.79 Å². The van der Waals surface area contributed by atoms with Crippen LogP contribution in [0, 0.1) is 0 Å². The van der Waals surface area contributed by atoms with E-state index in [1.54, 1.807) is 18.2 Å². The molecule has 36 heavy (non-hydrogen) atoms. The number of imide groups is 1. The maximum atomic E-state index is 13.2. The number of hydrogen-bond donors (Lipinski definition) is 0. The van der Waals surface area contributed by atoms with Gasteiger partial charge in [-0.25, -0.2) is 0 Å². The zero-order valence-corrected chi connectivity index (χ0v) is 21.1. The lowest BCUT2D eigenvalue weighted by atomic mass is 10.1. The highest BCUT2D eigenvalue weighted by molar-refractivity contribution is 8.18. The van der Waals surface area contributed by atoms with Crippen molar-refractivity contribution in [3.05, 3.63) is 98.5 Å². The minimum Gasteiger partial charge on any atom is -0.454 e. The molecule has 180 valence electrons. The number of fused-ring (bicyclic) bond motifs is 2. The SMILES string of the molecule is O=C1S/C(=C\c2cn(Cc3ccc(Cl)cc3)c3ccccc23)C(=O)N1Cc1cc2c(cc1Cl)OCO2. The Morgan fingerprint density at radius 3 is 2.50 bits per heavy atom. The lowest BCUT2D eigenvalue weighted by Gasteiger charge is -2.14. The lowest BCUT2D eigenvalue weighted by molar-refractivity contribution is -0.123. The zero-order chi connectivity index (χ0) is 24.8. The normalized spacial score (nSPS) is 16.1. The van der Waals surface area contributed by atoms with Crippen LogP contribution >= 0.6 is 35.0 Å². The van der Waals surface area contributed by atoms with Gasteiger partial charge in [-0.15, -0.1) is 0 Å². The number of ether oxygens (including phenoxy) is 2. The molecule has 0 saturated carbocycles. The molecule has 1 aromatic heterocycles. The summed E-state index contributed by atoms with van der Waals surface area (Å²) in [6.07, 6.45) is 3.79. The monoisotopic (exact) mass is 536 g/mol. The molecule has 3 aromatic carbocycles. The van der Waals surface area contributed by atoms with Gasteiger partial charge in [0.15, 0.2) is 11.5 Å². The smallest absolute Gasteiger partial charge is 0.293 e. The lowest BCUT2D eigenvalue weighted by Crippen LogP contribution is -2.27. The fourth-order valence-electron chi connectivity index (χ4n) is 4.34. The molecule has 2 aliphatic heterocycles. The molecule has 0 N–H and O–H groups in total. The number of para-hydroxylation sites is 1. The highest BCUT2D eigenvalue weighted by atomic mass is 35.5. The average Bonchev–Trinajstić information content (AvgIpc) is 3.54. The summed E-state index contributed by atoms with van der Waals surface area (Å²) in [7, 11) is 0. The van der Waals surface area contributed by atoms with Gasteiger partial charge in [-0.2, -0.15) is 0 Å². The van der Waals surface area contributed by atoms with Gasteiger partial charge < -0.3 is 14.0 Å². The predicted octanol–water partition coefficient (Wildman–Crippen LogP) is 6.96. The second-order valence-corrected chi connectivity index (χ2v) is 10.3. The van der Waals surface area contributed by atoms with E-state index in [1.807, 2.05) is 54.7 Å². The minimum absolute atomic E-state index is 0.0514. The number of nitrogens with zero attached hydrogens (tertiary/aromatic N) is 2. The summed E-state index contributed by atoms with van der Waals surface area (Å²) < 4.78 is 12.9. The minimum atomic E-state index is -0.353. The van der Waals surface area contributed by atoms with Gasteiger partial charge in [-0.3, -0.25) is 14.5 Å². The first-order valence-corrected chi connectivity index (χ1v) is 12.7. The number of carbonyl (C=O) groups is 2. The maximum Gasteiger partial charge on any atom is 0.293 e. The molecule has 0 aliphatic carbocycles. The highest BCUT2D eigenvalue weighted by Gasteiger charge is 2.36. The molecule has 3 heterocycles. The van der Waals surface area contributed by atoms with Gasteiger partial charge >= 0.3 is 0 Å². The van der Waals surface area contributed by atoms with E-state index in [9.17, 15) is 9.59 Å². The average molecular weight is 537 g/mol. The van der Waals surface area contributed by atoms with Gasteiger partial charge in [0, 0.05) is 45.3 Å². The second-order valence-electron chi connectivity index (χ2n) is 8.42. The molecule has 9 heteroatoms. The van der Waals surface area contributed by atoms with E-state index in [1.165, 1.54) is 4.90 Å². The van der Waals surface area contributed by atoms with Gasteiger partial charge in [0.25, 0.3) is 11.1 Å². The zero-order valence-electron chi connectivity index (χ0n) is 18.7. The summed E-state index contributed by atoms with van der Waals surface area (Å²) in [4.78, 5) is 27.6. The third kappa shape index (κ3) is 4.23. The number of hydrogen-bond acceptors (Lipinski definition) is 5. The molecule has 2 aliphatic rings. The Kier molecular flexibility index (Phi) is 5.91. The van der Waals surface area contributed by atoms with E-state index in [4.69, 9.17) is 32.7 Å². The van der Waals surface area contributed by atoms with Crippen molar-refractivity contribution in [1.29, 1.82) is 0 Å². The molecule has 0 radical (unpaired) electrons. The van der Waals surface area contributed by atoms with E-state index in [-0.39, 0.29) is 24.5 Å². The van der Waals surface area contributed by atoms with Crippen molar-refractivity contribution < 1.29 is 19.1 Å². The van der Waals surface area contributed by atoms with Gasteiger partial charge in [0.2, 0.25) is 6.79 Å². The Morgan fingerprint density at radius 1 is 0.944 bits per heavy atom. The summed E-state index contributed by atoms with van der Waals surface area (Å²) in [5.74, 6) is 0.742. The van der Waals surface area contributed by atoms with Gasteiger partial charge in [0.1, 0.15) is 0 Å². The second kappa shape index (κ2) is 9.24. The Balaban J connectivity index is 1.30. The van der Waals surface area contributed by atoms with Gasteiger partial charge in [0.05, 0.1) is 11.4 Å². The largest absolute Gasteiger partial charge is 0.454 e. The molecule has 1 saturated heterocycles. The molecule has 6 nitrogen and oxygen atoms in total. The van der Waals surface area contributed by atoms with Gasteiger partial charge in [-0.05, 0) is 53.2 Å². The van der Waals surface area contributed by atoms with E-state index >= 15 is 0 Å². The van der Waals surface area contributed by atoms with Crippen LogP contribution in [0.4, 0.5) is 4.79 Å². The first-order chi connectivity index (χ1) is 17.5. The summed E-state index contributed by atoms with van der Waals surface area (Å²) in [5, 5.41) is 1.75. The molecule has 0 unspecified atom stereocenters. The summed E-state index contributed by atoms with van der Waals surface area (Å²) in [6.45, 7) is 0.816. The fraction of sp³-hybridized carbons (Fsp3) is 0.111. The molecule has 4 aromatic rings. The van der Waals surface area contributed by atoms with Crippen LogP contribution in [0.1, 0.15) is 16.7 Å². The van der Waals surface area contributed by atoms with Crippen LogP contribution in [0.3, 0.4) is 0 Å². The van der Waals surface area contributed by atoms with Crippen LogP contribution in [0.15, 0.2) is 71.8 Å². The Morgan fingerprint density at radius 2 is 1.69 bits per heavy atom. The Bertz CT molecular complexity index is 1560.